The van der Waals surface area contributed by atoms with Crippen molar-refractivity contribution < 1.29 is 4.39 Å². The lowest BCUT2D eigenvalue weighted by atomic mass is 9.85. The maximum Gasteiger partial charge on any atom is 0.104 e. The van der Waals surface area contributed by atoms with E-state index in [4.69, 9.17) is 0 Å². The van der Waals surface area contributed by atoms with E-state index in [2.05, 4.69) is 31.0 Å². The molecule has 1 N–H and O–H groups in total. The van der Waals surface area contributed by atoms with Gasteiger partial charge < -0.3 is 5.32 Å². The fraction of sp³-hybridized carbons (Fsp3) is 0.556. The van der Waals surface area contributed by atoms with Gasteiger partial charge in [-0.25, -0.2) is 4.39 Å². The normalized spacial score (nSPS) is 28.9. The van der Waals surface area contributed by atoms with Crippen LogP contribution in [0.2, 0.25) is 0 Å². The van der Waals surface area contributed by atoms with Crippen LogP contribution in [0.25, 0.3) is 0 Å². The summed E-state index contributed by atoms with van der Waals surface area (Å²) in [6.07, 6.45) is 12.1. The van der Waals surface area contributed by atoms with Gasteiger partial charge in [0.05, 0.1) is 0 Å². The van der Waals surface area contributed by atoms with Crippen LogP contribution < -0.4 is 5.32 Å². The number of hydrogen-bond acceptors (Lipinski definition) is 1. The summed E-state index contributed by atoms with van der Waals surface area (Å²) in [6.45, 7) is 10.7. The molecule has 0 bridgehead atoms. The Kier molecular flexibility index (Phi) is 7.53. The molecular weight excluding hydrogens is 249 g/mol. The van der Waals surface area contributed by atoms with Crippen molar-refractivity contribution >= 4 is 0 Å². The Hall–Kier alpha value is -1.15. The van der Waals surface area contributed by atoms with Crippen LogP contribution in [0.5, 0.6) is 0 Å². The van der Waals surface area contributed by atoms with Gasteiger partial charge in [-0.3, -0.25) is 0 Å². The quantitative estimate of drug-likeness (QED) is 0.692. The smallest absolute Gasteiger partial charge is 0.104 e. The van der Waals surface area contributed by atoms with Crippen molar-refractivity contribution in [3.63, 3.8) is 0 Å². The second kappa shape index (κ2) is 8.91. The van der Waals surface area contributed by atoms with Crippen LogP contribution in [0, 0.1) is 5.92 Å². The third-order valence-corrected chi connectivity index (χ3v) is 3.89. The van der Waals surface area contributed by atoms with Crippen LogP contribution in [0.4, 0.5) is 4.39 Å². The molecule has 0 heterocycles. The molecule has 0 spiro atoms. The molecule has 1 fully saturated rings. The van der Waals surface area contributed by atoms with Crippen LogP contribution in [-0.4, -0.2) is 18.8 Å². The largest absolute Gasteiger partial charge is 0.310 e. The minimum absolute atomic E-state index is 0.229. The number of allylic oxidation sites excluding steroid dienone is 6. The Morgan fingerprint density at radius 3 is 2.70 bits per heavy atom. The van der Waals surface area contributed by atoms with E-state index in [0.29, 0.717) is 12.5 Å². The van der Waals surface area contributed by atoms with Crippen molar-refractivity contribution in [1.29, 1.82) is 0 Å². The maximum absolute atomic E-state index is 13.6. The van der Waals surface area contributed by atoms with Crippen LogP contribution in [0.15, 0.2) is 48.1 Å². The molecule has 0 aromatic rings. The molecule has 0 amide bonds. The summed E-state index contributed by atoms with van der Waals surface area (Å²) >= 11 is 0. The van der Waals surface area contributed by atoms with Gasteiger partial charge in [-0.1, -0.05) is 55.0 Å². The molecule has 0 aliphatic heterocycles. The van der Waals surface area contributed by atoms with Crippen LogP contribution >= 0.6 is 0 Å². The number of alkyl halides is 1. The summed E-state index contributed by atoms with van der Waals surface area (Å²) in [7, 11) is 0. The molecule has 0 saturated heterocycles. The Morgan fingerprint density at radius 2 is 2.05 bits per heavy atom. The lowest BCUT2D eigenvalue weighted by Gasteiger charge is -2.30. The first-order valence-electron chi connectivity index (χ1n) is 7.53. The van der Waals surface area contributed by atoms with E-state index in [1.807, 2.05) is 26.0 Å². The first kappa shape index (κ1) is 16.9. The molecule has 1 nitrogen and oxygen atoms in total. The Balaban J connectivity index is 2.34. The number of rotatable bonds is 6. The zero-order valence-corrected chi connectivity index (χ0v) is 13.0. The number of hydrogen-bond donors (Lipinski definition) is 1. The SMILES string of the molecule is C=C/C=C(C)/C=C\C=C(/C)CN[C@@H]1CC[C@@H](C)[C@@H](F)C1. The first-order valence-corrected chi connectivity index (χ1v) is 7.53. The molecule has 0 aromatic heterocycles. The predicted octanol–water partition coefficient (Wildman–Crippen LogP) is 4.74. The summed E-state index contributed by atoms with van der Waals surface area (Å²) in [6, 6.07) is 0.330. The van der Waals surface area contributed by atoms with Crippen molar-refractivity contribution in [3.05, 3.63) is 48.1 Å². The molecule has 1 aliphatic carbocycles. The Bertz CT molecular complexity index is 392. The van der Waals surface area contributed by atoms with Crippen molar-refractivity contribution in [2.45, 2.75) is 52.2 Å². The Morgan fingerprint density at radius 1 is 1.30 bits per heavy atom. The monoisotopic (exact) mass is 277 g/mol. The molecule has 0 aromatic carbocycles. The van der Waals surface area contributed by atoms with Crippen LogP contribution in [0.1, 0.15) is 40.0 Å². The highest BCUT2D eigenvalue weighted by Crippen LogP contribution is 2.26. The second-order valence-electron chi connectivity index (χ2n) is 5.90. The molecule has 1 rings (SSSR count). The highest BCUT2D eigenvalue weighted by atomic mass is 19.1. The lowest BCUT2D eigenvalue weighted by Crippen LogP contribution is -2.38. The summed E-state index contributed by atoms with van der Waals surface area (Å²) < 4.78 is 13.6. The maximum atomic E-state index is 13.6. The molecule has 3 atom stereocenters. The lowest BCUT2D eigenvalue weighted by molar-refractivity contribution is 0.153. The highest BCUT2D eigenvalue weighted by molar-refractivity contribution is 5.25. The fourth-order valence-electron chi connectivity index (χ4n) is 2.42. The van der Waals surface area contributed by atoms with E-state index >= 15 is 0 Å². The molecule has 112 valence electrons. The van der Waals surface area contributed by atoms with Crippen LogP contribution in [0.3, 0.4) is 0 Å². The molecule has 0 radical (unpaired) electrons. The molecule has 1 aliphatic rings. The van der Waals surface area contributed by atoms with Crippen molar-refractivity contribution in [2.75, 3.05) is 6.54 Å². The van der Waals surface area contributed by atoms with Gasteiger partial charge in [-0.2, -0.15) is 0 Å². The van der Waals surface area contributed by atoms with E-state index in [9.17, 15) is 4.39 Å². The summed E-state index contributed by atoms with van der Waals surface area (Å²) in [5, 5.41) is 3.46. The minimum atomic E-state index is -0.642. The minimum Gasteiger partial charge on any atom is -0.310 e. The average molecular weight is 277 g/mol. The van der Waals surface area contributed by atoms with Gasteiger partial charge in [-0.05, 0) is 39.0 Å². The van der Waals surface area contributed by atoms with Gasteiger partial charge in [0.15, 0.2) is 0 Å². The first-order chi connectivity index (χ1) is 9.52. The van der Waals surface area contributed by atoms with E-state index in [1.165, 1.54) is 11.1 Å². The van der Waals surface area contributed by atoms with Gasteiger partial charge in [0.1, 0.15) is 6.17 Å². The molecule has 0 unspecified atom stereocenters. The summed E-state index contributed by atoms with van der Waals surface area (Å²) in [5.74, 6) is 0.229. The van der Waals surface area contributed by atoms with Gasteiger partial charge in [0, 0.05) is 12.6 Å². The van der Waals surface area contributed by atoms with E-state index in [0.717, 1.165) is 19.4 Å². The van der Waals surface area contributed by atoms with Gasteiger partial charge in [0.25, 0.3) is 0 Å². The zero-order chi connectivity index (χ0) is 15.0. The summed E-state index contributed by atoms with van der Waals surface area (Å²) in [5.41, 5.74) is 2.44. The second-order valence-corrected chi connectivity index (χ2v) is 5.90. The van der Waals surface area contributed by atoms with Gasteiger partial charge in [0.2, 0.25) is 0 Å². The van der Waals surface area contributed by atoms with Gasteiger partial charge >= 0.3 is 0 Å². The molecule has 20 heavy (non-hydrogen) atoms. The fourth-order valence-corrected chi connectivity index (χ4v) is 2.42. The topological polar surface area (TPSA) is 12.0 Å². The van der Waals surface area contributed by atoms with E-state index < -0.39 is 6.17 Å². The van der Waals surface area contributed by atoms with Crippen LogP contribution in [-0.2, 0) is 0 Å². The van der Waals surface area contributed by atoms with Crippen molar-refractivity contribution in [1.82, 2.24) is 5.32 Å². The average Bonchev–Trinajstić information content (AvgIpc) is 2.40. The molecular formula is C18H28FN. The van der Waals surface area contributed by atoms with Gasteiger partial charge in [-0.15, -0.1) is 0 Å². The highest BCUT2D eigenvalue weighted by Gasteiger charge is 2.26. The standard InChI is InChI=1S/C18H28FN/c1-5-7-14(2)8-6-9-15(3)13-20-17-11-10-16(4)18(19)12-17/h5-9,16-18,20H,1,10-13H2,2-4H3/b8-6-,14-7+,15-9+/t16-,17-,18+/m1/s1. The molecule has 2 heteroatoms. The Labute approximate surface area is 123 Å². The van der Waals surface area contributed by atoms with Crippen molar-refractivity contribution in [3.8, 4) is 0 Å². The van der Waals surface area contributed by atoms with Crippen molar-refractivity contribution in [2.24, 2.45) is 5.92 Å². The third-order valence-electron chi connectivity index (χ3n) is 3.89. The predicted molar refractivity (Wildman–Crippen MR) is 86.6 cm³/mol. The third kappa shape index (κ3) is 6.33. The summed E-state index contributed by atoms with van der Waals surface area (Å²) in [4.78, 5) is 0. The zero-order valence-electron chi connectivity index (χ0n) is 13.0. The van der Waals surface area contributed by atoms with E-state index in [1.54, 1.807) is 6.08 Å². The number of halogens is 1. The van der Waals surface area contributed by atoms with E-state index in [-0.39, 0.29) is 5.92 Å². The molecule has 1 saturated carbocycles. The number of nitrogens with one attached hydrogen (secondary N) is 1.